The van der Waals surface area contributed by atoms with E-state index in [0.29, 0.717) is 21.8 Å². The van der Waals surface area contributed by atoms with E-state index < -0.39 is 0 Å². The highest BCUT2D eigenvalue weighted by molar-refractivity contribution is 6.36. The van der Waals surface area contributed by atoms with Crippen LogP contribution in [0.4, 0.5) is 5.69 Å². The number of rotatable bonds is 2. The number of carbonyl (C=O) groups excluding carboxylic acids is 1. The molecule has 98 valence electrons. The zero-order valence-corrected chi connectivity index (χ0v) is 12.0. The topological polar surface area (TPSA) is 43.1 Å². The maximum Gasteiger partial charge on any atom is 0.197 e. The second-order valence-corrected chi connectivity index (χ2v) is 5.21. The van der Waals surface area contributed by atoms with E-state index in [0.717, 1.165) is 16.7 Å². The minimum atomic E-state index is -0.113. The van der Waals surface area contributed by atoms with E-state index in [-0.39, 0.29) is 5.78 Å². The lowest BCUT2D eigenvalue weighted by Crippen LogP contribution is -2.10. The first-order valence-electron chi connectivity index (χ1n) is 6.08. The van der Waals surface area contributed by atoms with E-state index in [1.807, 2.05) is 32.9 Å². The molecular weight excluding hydrogens is 258 g/mol. The molecule has 0 amide bonds. The number of anilines is 1. The summed E-state index contributed by atoms with van der Waals surface area (Å²) in [5, 5.41) is 0.393. The van der Waals surface area contributed by atoms with Crippen molar-refractivity contribution >= 4 is 23.1 Å². The van der Waals surface area contributed by atoms with E-state index in [9.17, 15) is 4.79 Å². The minimum absolute atomic E-state index is 0.113. The van der Waals surface area contributed by atoms with E-state index in [1.54, 1.807) is 18.2 Å². The molecule has 0 aliphatic carbocycles. The van der Waals surface area contributed by atoms with E-state index >= 15 is 0 Å². The van der Waals surface area contributed by atoms with Gasteiger partial charge in [-0.3, -0.25) is 4.79 Å². The highest BCUT2D eigenvalue weighted by Crippen LogP contribution is 2.28. The zero-order valence-electron chi connectivity index (χ0n) is 11.3. The van der Waals surface area contributed by atoms with Crippen molar-refractivity contribution in [1.82, 2.24) is 0 Å². The first-order chi connectivity index (χ1) is 8.91. The average molecular weight is 274 g/mol. The number of nitrogen functional groups attached to an aromatic ring is 1. The van der Waals surface area contributed by atoms with Crippen LogP contribution in [-0.4, -0.2) is 5.78 Å². The molecule has 0 spiro atoms. The summed E-state index contributed by atoms with van der Waals surface area (Å²) in [6, 6.07) is 9.10. The summed E-state index contributed by atoms with van der Waals surface area (Å²) < 4.78 is 0. The maximum atomic E-state index is 12.7. The van der Waals surface area contributed by atoms with Gasteiger partial charge in [0.05, 0.1) is 10.6 Å². The summed E-state index contributed by atoms with van der Waals surface area (Å²) in [6.45, 7) is 5.87. The van der Waals surface area contributed by atoms with Gasteiger partial charge in [-0.05, 0) is 44.0 Å². The molecule has 0 unspecified atom stereocenters. The van der Waals surface area contributed by atoms with Gasteiger partial charge in [-0.15, -0.1) is 0 Å². The summed E-state index contributed by atoms with van der Waals surface area (Å²) >= 11 is 6.11. The molecule has 0 saturated carbocycles. The number of aryl methyl sites for hydroxylation is 3. The largest absolute Gasteiger partial charge is 0.398 e. The highest BCUT2D eigenvalue weighted by Gasteiger charge is 2.19. The molecule has 0 aliphatic rings. The molecule has 0 atom stereocenters. The Labute approximate surface area is 118 Å². The van der Waals surface area contributed by atoms with Crippen molar-refractivity contribution in [2.24, 2.45) is 0 Å². The Morgan fingerprint density at radius 2 is 1.63 bits per heavy atom. The predicted octanol–water partition coefficient (Wildman–Crippen LogP) is 4.08. The molecule has 2 rings (SSSR count). The van der Waals surface area contributed by atoms with Crippen molar-refractivity contribution in [3.63, 3.8) is 0 Å². The molecule has 19 heavy (non-hydrogen) atoms. The van der Waals surface area contributed by atoms with Crippen LogP contribution in [0.15, 0.2) is 30.3 Å². The van der Waals surface area contributed by atoms with Crippen LogP contribution in [0.5, 0.6) is 0 Å². The smallest absolute Gasteiger partial charge is 0.197 e. The second-order valence-electron chi connectivity index (χ2n) is 4.81. The number of hydrogen-bond acceptors (Lipinski definition) is 2. The Hall–Kier alpha value is -1.80. The van der Waals surface area contributed by atoms with Crippen molar-refractivity contribution < 1.29 is 4.79 Å². The maximum absolute atomic E-state index is 12.7. The third-order valence-corrected chi connectivity index (χ3v) is 3.49. The summed E-state index contributed by atoms with van der Waals surface area (Å²) in [7, 11) is 0. The summed E-state index contributed by atoms with van der Waals surface area (Å²) in [6.07, 6.45) is 0. The van der Waals surface area contributed by atoms with Gasteiger partial charge in [0.2, 0.25) is 0 Å². The standard InChI is InChI=1S/C16H16ClNO/c1-9-7-10(2)14(11(3)8-9)16(19)15-12(17)5-4-6-13(15)18/h4-8H,18H2,1-3H3. The Morgan fingerprint density at radius 3 is 2.16 bits per heavy atom. The Morgan fingerprint density at radius 1 is 1.05 bits per heavy atom. The van der Waals surface area contributed by atoms with Gasteiger partial charge in [-0.1, -0.05) is 35.4 Å². The molecule has 0 fully saturated rings. The van der Waals surface area contributed by atoms with Gasteiger partial charge in [0.15, 0.2) is 5.78 Å². The zero-order chi connectivity index (χ0) is 14.2. The third-order valence-electron chi connectivity index (χ3n) is 3.18. The van der Waals surface area contributed by atoms with Crippen molar-refractivity contribution in [2.75, 3.05) is 5.73 Å². The molecule has 2 aromatic rings. The van der Waals surface area contributed by atoms with Crippen LogP contribution < -0.4 is 5.73 Å². The lowest BCUT2D eigenvalue weighted by molar-refractivity contribution is 0.103. The van der Waals surface area contributed by atoms with Crippen molar-refractivity contribution in [1.29, 1.82) is 0 Å². The van der Waals surface area contributed by atoms with Crippen molar-refractivity contribution in [3.8, 4) is 0 Å². The molecule has 3 heteroatoms. The molecule has 0 saturated heterocycles. The number of benzene rings is 2. The van der Waals surface area contributed by atoms with E-state index in [2.05, 4.69) is 0 Å². The molecule has 0 heterocycles. The Balaban J connectivity index is 2.64. The van der Waals surface area contributed by atoms with Crippen LogP contribution in [0.1, 0.15) is 32.6 Å². The predicted molar refractivity (Wildman–Crippen MR) is 79.9 cm³/mol. The quantitative estimate of drug-likeness (QED) is 0.662. The molecular formula is C16H16ClNO. The van der Waals surface area contributed by atoms with Gasteiger partial charge in [-0.2, -0.15) is 0 Å². The Bertz CT molecular complexity index is 619. The molecule has 0 bridgehead atoms. The monoisotopic (exact) mass is 273 g/mol. The summed E-state index contributed by atoms with van der Waals surface area (Å²) in [5.41, 5.74) is 10.4. The molecule has 0 aliphatic heterocycles. The number of carbonyl (C=O) groups is 1. The number of nitrogens with two attached hydrogens (primary N) is 1. The minimum Gasteiger partial charge on any atom is -0.398 e. The SMILES string of the molecule is Cc1cc(C)c(C(=O)c2c(N)cccc2Cl)c(C)c1. The summed E-state index contributed by atoms with van der Waals surface area (Å²) in [5.74, 6) is -0.113. The normalized spacial score (nSPS) is 10.5. The molecule has 0 radical (unpaired) electrons. The van der Waals surface area contributed by atoms with Gasteiger partial charge in [-0.25, -0.2) is 0 Å². The van der Waals surface area contributed by atoms with Crippen LogP contribution in [0.25, 0.3) is 0 Å². The molecule has 2 aromatic carbocycles. The van der Waals surface area contributed by atoms with Gasteiger partial charge in [0.1, 0.15) is 0 Å². The second kappa shape index (κ2) is 5.06. The fraction of sp³-hybridized carbons (Fsp3) is 0.188. The highest BCUT2D eigenvalue weighted by atomic mass is 35.5. The molecule has 2 nitrogen and oxygen atoms in total. The van der Waals surface area contributed by atoms with Gasteiger partial charge in [0.25, 0.3) is 0 Å². The van der Waals surface area contributed by atoms with Crippen molar-refractivity contribution in [3.05, 3.63) is 63.2 Å². The number of halogens is 1. The van der Waals surface area contributed by atoms with Crippen molar-refractivity contribution in [2.45, 2.75) is 20.8 Å². The molecule has 0 aromatic heterocycles. The van der Waals surface area contributed by atoms with Gasteiger partial charge >= 0.3 is 0 Å². The van der Waals surface area contributed by atoms with Crippen LogP contribution in [0, 0.1) is 20.8 Å². The third kappa shape index (κ3) is 2.49. The van der Waals surface area contributed by atoms with E-state index in [4.69, 9.17) is 17.3 Å². The number of ketones is 1. The van der Waals surface area contributed by atoms with Crippen LogP contribution in [0.3, 0.4) is 0 Å². The Kier molecular flexibility index (Phi) is 3.63. The number of hydrogen-bond donors (Lipinski definition) is 1. The lowest BCUT2D eigenvalue weighted by atomic mass is 9.92. The fourth-order valence-corrected chi connectivity index (χ4v) is 2.71. The molecule has 2 N–H and O–H groups in total. The first kappa shape index (κ1) is 13.6. The fourth-order valence-electron chi connectivity index (χ4n) is 2.44. The first-order valence-corrected chi connectivity index (χ1v) is 6.46. The van der Waals surface area contributed by atoms with Crippen LogP contribution in [0.2, 0.25) is 5.02 Å². The van der Waals surface area contributed by atoms with Gasteiger partial charge in [0, 0.05) is 11.3 Å². The lowest BCUT2D eigenvalue weighted by Gasteiger charge is -2.12. The van der Waals surface area contributed by atoms with Crippen LogP contribution in [-0.2, 0) is 0 Å². The summed E-state index contributed by atoms with van der Waals surface area (Å²) in [4.78, 5) is 12.7. The van der Waals surface area contributed by atoms with E-state index in [1.165, 1.54) is 0 Å². The van der Waals surface area contributed by atoms with Gasteiger partial charge < -0.3 is 5.73 Å². The van der Waals surface area contributed by atoms with Crippen LogP contribution >= 0.6 is 11.6 Å². The average Bonchev–Trinajstić information content (AvgIpc) is 2.26.